The average Bonchev–Trinajstić information content (AvgIpc) is 2.32. The Balaban J connectivity index is 1.91. The van der Waals surface area contributed by atoms with Crippen LogP contribution in [-0.2, 0) is 0 Å². The van der Waals surface area contributed by atoms with Gasteiger partial charge in [-0.25, -0.2) is 0 Å². The van der Waals surface area contributed by atoms with Gasteiger partial charge in [-0.3, -0.25) is 0 Å². The lowest BCUT2D eigenvalue weighted by atomic mass is 9.89. The fourth-order valence-corrected chi connectivity index (χ4v) is 2.47. The highest BCUT2D eigenvalue weighted by Gasteiger charge is 2.19. The van der Waals surface area contributed by atoms with E-state index >= 15 is 0 Å². The molecule has 0 spiro atoms. The number of aliphatic hydroxyl groups is 1. The minimum absolute atomic E-state index is 0.287. The van der Waals surface area contributed by atoms with Gasteiger partial charge in [0.25, 0.3) is 0 Å². The smallest absolute Gasteiger partial charge is 0.0558 e. The number of aryl methyl sites for hydroxylation is 1. The monoisotopic (exact) mass is 219 g/mol. The van der Waals surface area contributed by atoms with Crippen LogP contribution in [0.2, 0.25) is 0 Å². The molecule has 1 N–H and O–H groups in total. The zero-order chi connectivity index (χ0) is 11.4. The van der Waals surface area contributed by atoms with E-state index in [2.05, 4.69) is 36.1 Å². The van der Waals surface area contributed by atoms with Crippen LogP contribution in [-0.4, -0.2) is 36.2 Å². The van der Waals surface area contributed by atoms with Gasteiger partial charge in [-0.2, -0.15) is 0 Å². The van der Waals surface area contributed by atoms with Crippen molar-refractivity contribution >= 4 is 0 Å². The summed E-state index contributed by atoms with van der Waals surface area (Å²) in [5.41, 5.74) is 2.82. The fraction of sp³-hybridized carbons (Fsp3) is 0.571. The molecule has 2 nitrogen and oxygen atoms in total. The van der Waals surface area contributed by atoms with Gasteiger partial charge in [-0.05, 0) is 44.3 Å². The van der Waals surface area contributed by atoms with E-state index in [1.54, 1.807) is 0 Å². The van der Waals surface area contributed by atoms with E-state index in [9.17, 15) is 0 Å². The number of hydrogen-bond donors (Lipinski definition) is 1. The SMILES string of the molecule is Cc1ccc(C2CCN(CCO)CC2)cc1. The number of nitrogens with zero attached hydrogens (tertiary/aromatic N) is 1. The summed E-state index contributed by atoms with van der Waals surface area (Å²) in [5.74, 6) is 0.718. The lowest BCUT2D eigenvalue weighted by Crippen LogP contribution is -2.34. The Morgan fingerprint density at radius 3 is 2.38 bits per heavy atom. The maximum absolute atomic E-state index is 8.89. The molecule has 1 aliphatic rings. The normalized spacial score (nSPS) is 18.9. The molecule has 0 atom stereocenters. The van der Waals surface area contributed by atoms with E-state index in [-0.39, 0.29) is 6.61 Å². The molecule has 0 unspecified atom stereocenters. The first-order valence-corrected chi connectivity index (χ1v) is 6.19. The second-order valence-corrected chi connectivity index (χ2v) is 4.75. The molecule has 2 heteroatoms. The molecule has 1 fully saturated rings. The van der Waals surface area contributed by atoms with Gasteiger partial charge in [-0.1, -0.05) is 29.8 Å². The van der Waals surface area contributed by atoms with Gasteiger partial charge in [0.15, 0.2) is 0 Å². The Hall–Kier alpha value is -0.860. The quantitative estimate of drug-likeness (QED) is 0.842. The van der Waals surface area contributed by atoms with Crippen molar-refractivity contribution in [3.63, 3.8) is 0 Å². The third kappa shape index (κ3) is 2.83. The highest BCUT2D eigenvalue weighted by Crippen LogP contribution is 2.27. The Morgan fingerprint density at radius 1 is 1.19 bits per heavy atom. The Labute approximate surface area is 97.9 Å². The molecule has 1 aliphatic heterocycles. The van der Waals surface area contributed by atoms with Gasteiger partial charge in [-0.15, -0.1) is 0 Å². The van der Waals surface area contributed by atoms with Crippen LogP contribution < -0.4 is 0 Å². The average molecular weight is 219 g/mol. The van der Waals surface area contributed by atoms with E-state index < -0.39 is 0 Å². The van der Waals surface area contributed by atoms with Crippen molar-refractivity contribution in [2.75, 3.05) is 26.2 Å². The third-order valence-corrected chi connectivity index (χ3v) is 3.55. The number of piperidine rings is 1. The number of benzene rings is 1. The zero-order valence-electron chi connectivity index (χ0n) is 10.0. The summed E-state index contributed by atoms with van der Waals surface area (Å²) >= 11 is 0. The maximum Gasteiger partial charge on any atom is 0.0558 e. The number of aliphatic hydroxyl groups excluding tert-OH is 1. The van der Waals surface area contributed by atoms with Crippen molar-refractivity contribution < 1.29 is 5.11 Å². The molecule has 0 radical (unpaired) electrons. The van der Waals surface area contributed by atoms with Crippen LogP contribution in [0.3, 0.4) is 0 Å². The molecule has 0 aromatic heterocycles. The Morgan fingerprint density at radius 2 is 1.81 bits per heavy atom. The molecular weight excluding hydrogens is 198 g/mol. The fourth-order valence-electron chi connectivity index (χ4n) is 2.47. The van der Waals surface area contributed by atoms with Crippen molar-refractivity contribution in [1.29, 1.82) is 0 Å². The molecule has 1 aromatic carbocycles. The Bertz CT molecular complexity index is 312. The first kappa shape index (κ1) is 11.6. The van der Waals surface area contributed by atoms with Gasteiger partial charge in [0.1, 0.15) is 0 Å². The summed E-state index contributed by atoms with van der Waals surface area (Å²) in [5, 5.41) is 8.89. The van der Waals surface area contributed by atoms with E-state index in [1.807, 2.05) is 0 Å². The molecular formula is C14H21NO. The summed E-state index contributed by atoms with van der Waals surface area (Å²) < 4.78 is 0. The highest BCUT2D eigenvalue weighted by molar-refractivity contribution is 5.24. The van der Waals surface area contributed by atoms with Crippen LogP contribution in [0.25, 0.3) is 0 Å². The molecule has 0 bridgehead atoms. The van der Waals surface area contributed by atoms with Crippen molar-refractivity contribution in [2.24, 2.45) is 0 Å². The second-order valence-electron chi connectivity index (χ2n) is 4.75. The van der Waals surface area contributed by atoms with Crippen LogP contribution in [0.1, 0.15) is 29.9 Å². The molecule has 2 rings (SSSR count). The minimum Gasteiger partial charge on any atom is -0.395 e. The molecule has 0 saturated carbocycles. The van der Waals surface area contributed by atoms with Crippen LogP contribution in [0, 0.1) is 6.92 Å². The third-order valence-electron chi connectivity index (χ3n) is 3.55. The molecule has 16 heavy (non-hydrogen) atoms. The number of hydrogen-bond acceptors (Lipinski definition) is 2. The lowest BCUT2D eigenvalue weighted by molar-refractivity contribution is 0.164. The molecule has 1 saturated heterocycles. The van der Waals surface area contributed by atoms with Crippen molar-refractivity contribution in [3.05, 3.63) is 35.4 Å². The van der Waals surface area contributed by atoms with Crippen LogP contribution in [0.5, 0.6) is 0 Å². The second kappa shape index (κ2) is 5.46. The van der Waals surface area contributed by atoms with E-state index in [0.29, 0.717) is 0 Å². The highest BCUT2D eigenvalue weighted by atomic mass is 16.3. The summed E-state index contributed by atoms with van der Waals surface area (Å²) in [6, 6.07) is 8.94. The van der Waals surface area contributed by atoms with E-state index in [4.69, 9.17) is 5.11 Å². The minimum atomic E-state index is 0.287. The van der Waals surface area contributed by atoms with Crippen LogP contribution in [0.15, 0.2) is 24.3 Å². The first-order chi connectivity index (χ1) is 7.79. The first-order valence-electron chi connectivity index (χ1n) is 6.19. The van der Waals surface area contributed by atoms with Gasteiger partial charge in [0.2, 0.25) is 0 Å². The van der Waals surface area contributed by atoms with Crippen molar-refractivity contribution in [1.82, 2.24) is 4.90 Å². The topological polar surface area (TPSA) is 23.5 Å². The van der Waals surface area contributed by atoms with Gasteiger partial charge >= 0.3 is 0 Å². The summed E-state index contributed by atoms with van der Waals surface area (Å²) in [6.45, 7) is 5.50. The summed E-state index contributed by atoms with van der Waals surface area (Å²) in [6.07, 6.45) is 2.45. The van der Waals surface area contributed by atoms with Gasteiger partial charge in [0, 0.05) is 6.54 Å². The summed E-state index contributed by atoms with van der Waals surface area (Å²) in [7, 11) is 0. The van der Waals surface area contributed by atoms with Crippen molar-refractivity contribution in [2.45, 2.75) is 25.7 Å². The molecule has 88 valence electrons. The largest absolute Gasteiger partial charge is 0.395 e. The molecule has 0 aliphatic carbocycles. The number of β-amino-alcohol motifs (C(OH)–C–C–N with tert-alkyl or cyclic N) is 1. The number of likely N-dealkylation sites (tertiary alicyclic amines) is 1. The summed E-state index contributed by atoms with van der Waals surface area (Å²) in [4.78, 5) is 2.35. The maximum atomic E-state index is 8.89. The van der Waals surface area contributed by atoms with Gasteiger partial charge in [0.05, 0.1) is 6.61 Å². The number of rotatable bonds is 3. The predicted octanol–water partition coefficient (Wildman–Crippen LogP) is 2.17. The van der Waals surface area contributed by atoms with Crippen LogP contribution in [0.4, 0.5) is 0 Å². The van der Waals surface area contributed by atoms with Gasteiger partial charge < -0.3 is 10.0 Å². The molecule has 1 aromatic rings. The zero-order valence-corrected chi connectivity index (χ0v) is 10.0. The lowest BCUT2D eigenvalue weighted by Gasteiger charge is -2.31. The van der Waals surface area contributed by atoms with Crippen LogP contribution >= 0.6 is 0 Å². The standard InChI is InChI=1S/C14H21NO/c1-12-2-4-13(5-3-12)14-6-8-15(9-7-14)10-11-16/h2-5,14,16H,6-11H2,1H3. The van der Waals surface area contributed by atoms with E-state index in [0.717, 1.165) is 25.6 Å². The molecule has 1 heterocycles. The van der Waals surface area contributed by atoms with Crippen molar-refractivity contribution in [3.8, 4) is 0 Å². The van der Waals surface area contributed by atoms with E-state index in [1.165, 1.54) is 24.0 Å². The predicted molar refractivity (Wildman–Crippen MR) is 66.7 cm³/mol. The molecule has 0 amide bonds. The Kier molecular flexibility index (Phi) is 3.97.